The van der Waals surface area contributed by atoms with Crippen LogP contribution in [-0.2, 0) is 0 Å². The molecule has 6 heteroatoms. The highest BCUT2D eigenvalue weighted by atomic mass is 35.5. The van der Waals surface area contributed by atoms with E-state index in [0.717, 1.165) is 40.4 Å². The fourth-order valence-electron chi connectivity index (χ4n) is 4.05. The van der Waals surface area contributed by atoms with E-state index in [-0.39, 0.29) is 11.4 Å². The molecule has 1 fully saturated rings. The number of aryl methyl sites for hydroxylation is 1. The Balaban J connectivity index is 1.50. The second-order valence-electron chi connectivity index (χ2n) is 7.63. The SMILES string of the molecule is C=C1C[C@@H](c2nc3c(C)c(Cl)ccc3[nH]2)N(N2[C]=C(c3ccccc3)SC2C)C1. The third-order valence-electron chi connectivity index (χ3n) is 5.56. The van der Waals surface area contributed by atoms with Crippen molar-refractivity contribution in [2.75, 3.05) is 6.54 Å². The molecule has 1 N–H and O–H groups in total. The number of benzene rings is 2. The average Bonchev–Trinajstić information content (AvgIpc) is 3.42. The van der Waals surface area contributed by atoms with Crippen LogP contribution >= 0.6 is 23.4 Å². The lowest BCUT2D eigenvalue weighted by Gasteiger charge is -2.34. The van der Waals surface area contributed by atoms with E-state index in [2.05, 4.69) is 59.0 Å². The Hall–Kier alpha value is -2.21. The number of rotatable bonds is 3. The molecule has 0 amide bonds. The van der Waals surface area contributed by atoms with Gasteiger partial charge < -0.3 is 4.98 Å². The zero-order valence-electron chi connectivity index (χ0n) is 16.4. The predicted molar refractivity (Wildman–Crippen MR) is 121 cm³/mol. The van der Waals surface area contributed by atoms with Crippen LogP contribution in [0.3, 0.4) is 0 Å². The highest BCUT2D eigenvalue weighted by Crippen LogP contribution is 2.44. The van der Waals surface area contributed by atoms with Crippen molar-refractivity contribution >= 4 is 39.3 Å². The number of thioether (sulfide) groups is 1. The number of nitrogens with one attached hydrogen (secondary N) is 1. The molecule has 1 saturated heterocycles. The summed E-state index contributed by atoms with van der Waals surface area (Å²) in [4.78, 5) is 9.61. The molecule has 2 atom stereocenters. The first-order valence-electron chi connectivity index (χ1n) is 9.74. The first-order chi connectivity index (χ1) is 14.0. The second-order valence-corrected chi connectivity index (χ2v) is 9.36. The Morgan fingerprint density at radius 3 is 2.83 bits per heavy atom. The van der Waals surface area contributed by atoms with Crippen molar-refractivity contribution in [2.45, 2.75) is 31.7 Å². The van der Waals surface area contributed by atoms with Gasteiger partial charge in [0.05, 0.1) is 28.6 Å². The minimum Gasteiger partial charge on any atom is -0.341 e. The highest BCUT2D eigenvalue weighted by Gasteiger charge is 2.38. The molecule has 2 aliphatic heterocycles. The van der Waals surface area contributed by atoms with Gasteiger partial charge in [0.25, 0.3) is 0 Å². The predicted octanol–water partition coefficient (Wildman–Crippen LogP) is 5.94. The van der Waals surface area contributed by atoms with Gasteiger partial charge in [0, 0.05) is 16.5 Å². The molecule has 2 aliphatic rings. The third-order valence-corrected chi connectivity index (χ3v) is 7.08. The quantitative estimate of drug-likeness (QED) is 0.531. The molecule has 1 unspecified atom stereocenters. The summed E-state index contributed by atoms with van der Waals surface area (Å²) in [5, 5.41) is 5.57. The normalized spacial score (nSPS) is 22.7. The highest BCUT2D eigenvalue weighted by molar-refractivity contribution is 8.09. The summed E-state index contributed by atoms with van der Waals surface area (Å²) in [5.41, 5.74) is 5.39. The number of hydrazine groups is 1. The van der Waals surface area contributed by atoms with Crippen molar-refractivity contribution in [2.24, 2.45) is 0 Å². The minimum atomic E-state index is 0.110. The Labute approximate surface area is 180 Å². The van der Waals surface area contributed by atoms with Gasteiger partial charge in [0.1, 0.15) is 5.82 Å². The standard InChI is InChI=1S/C23H22ClN4S/c1-14-11-20(23-25-19-10-9-18(24)15(2)22(19)26-23)28(12-14)27-13-21(29-16(27)3)17-7-5-4-6-8-17/h4-10,16,20H,1,11-12H2,2-3H3,(H,25,26)/t16?,20-/m0/s1. The minimum absolute atomic E-state index is 0.110. The van der Waals surface area contributed by atoms with Gasteiger partial charge >= 0.3 is 0 Å². The first kappa shape index (κ1) is 18.8. The number of aromatic amines is 1. The summed E-state index contributed by atoms with van der Waals surface area (Å²) in [6, 6.07) is 14.5. The van der Waals surface area contributed by atoms with E-state index < -0.39 is 0 Å². The zero-order chi connectivity index (χ0) is 20.1. The van der Waals surface area contributed by atoms with E-state index in [4.69, 9.17) is 16.6 Å². The van der Waals surface area contributed by atoms with Gasteiger partial charge in [-0.3, -0.25) is 5.01 Å². The van der Waals surface area contributed by atoms with E-state index in [9.17, 15) is 0 Å². The van der Waals surface area contributed by atoms with Gasteiger partial charge in [-0.25, -0.2) is 9.99 Å². The van der Waals surface area contributed by atoms with Crippen LogP contribution in [0.25, 0.3) is 15.9 Å². The molecule has 147 valence electrons. The first-order valence-corrected chi connectivity index (χ1v) is 11.0. The zero-order valence-corrected chi connectivity index (χ0v) is 18.0. The van der Waals surface area contributed by atoms with Crippen molar-refractivity contribution < 1.29 is 0 Å². The van der Waals surface area contributed by atoms with E-state index in [1.54, 1.807) is 0 Å². The van der Waals surface area contributed by atoms with Crippen LogP contribution < -0.4 is 0 Å². The van der Waals surface area contributed by atoms with Crippen molar-refractivity contribution in [1.82, 2.24) is 20.0 Å². The maximum absolute atomic E-state index is 6.30. The second kappa shape index (κ2) is 7.24. The Morgan fingerprint density at radius 1 is 1.24 bits per heavy atom. The summed E-state index contributed by atoms with van der Waals surface area (Å²) >= 11 is 8.14. The monoisotopic (exact) mass is 421 g/mol. The number of H-pyrrole nitrogens is 1. The topological polar surface area (TPSA) is 35.2 Å². The number of nitrogens with zero attached hydrogens (tertiary/aromatic N) is 3. The Bertz CT molecular complexity index is 1120. The largest absolute Gasteiger partial charge is 0.341 e. The summed E-state index contributed by atoms with van der Waals surface area (Å²) in [7, 11) is 0. The van der Waals surface area contributed by atoms with Crippen LogP contribution in [0.5, 0.6) is 0 Å². The summed E-state index contributed by atoms with van der Waals surface area (Å²) in [5.74, 6) is 0.955. The fourth-order valence-corrected chi connectivity index (χ4v) is 5.23. The van der Waals surface area contributed by atoms with Gasteiger partial charge in [-0.05, 0) is 43.5 Å². The molecular weight excluding hydrogens is 400 g/mol. The van der Waals surface area contributed by atoms with Crippen LogP contribution in [0.1, 0.15) is 36.3 Å². The van der Waals surface area contributed by atoms with Gasteiger partial charge in [0.15, 0.2) is 0 Å². The molecule has 4 nitrogen and oxygen atoms in total. The number of halogens is 1. The molecule has 2 aromatic carbocycles. The van der Waals surface area contributed by atoms with E-state index in [0.29, 0.717) is 0 Å². The van der Waals surface area contributed by atoms with E-state index in [1.807, 2.05) is 36.9 Å². The van der Waals surface area contributed by atoms with Crippen molar-refractivity contribution in [3.05, 3.63) is 82.8 Å². The maximum atomic E-state index is 6.30. The average molecular weight is 422 g/mol. The van der Waals surface area contributed by atoms with Crippen LogP contribution in [-0.4, -0.2) is 31.9 Å². The number of aromatic nitrogens is 2. The van der Waals surface area contributed by atoms with E-state index in [1.165, 1.54) is 16.0 Å². The molecular formula is C23H22ClN4S. The molecule has 0 bridgehead atoms. The van der Waals surface area contributed by atoms with Crippen LogP contribution in [0.15, 0.2) is 54.6 Å². The van der Waals surface area contributed by atoms with Crippen molar-refractivity contribution in [3.63, 3.8) is 0 Å². The molecule has 1 radical (unpaired) electrons. The number of fused-ring (bicyclic) bond motifs is 1. The number of hydrogen-bond donors (Lipinski definition) is 1. The summed E-state index contributed by atoms with van der Waals surface area (Å²) in [6.45, 7) is 9.31. The smallest absolute Gasteiger partial charge is 0.126 e. The van der Waals surface area contributed by atoms with Crippen molar-refractivity contribution in [3.8, 4) is 0 Å². The molecule has 5 rings (SSSR count). The molecule has 0 saturated carbocycles. The van der Waals surface area contributed by atoms with Crippen LogP contribution in [0.4, 0.5) is 0 Å². The van der Waals surface area contributed by atoms with Crippen LogP contribution in [0, 0.1) is 13.1 Å². The lowest BCUT2D eigenvalue weighted by Crippen LogP contribution is -2.41. The summed E-state index contributed by atoms with van der Waals surface area (Å²) in [6.07, 6.45) is 4.49. The Morgan fingerprint density at radius 2 is 2.03 bits per heavy atom. The summed E-state index contributed by atoms with van der Waals surface area (Å²) < 4.78 is 0. The molecule has 1 aromatic heterocycles. The molecule has 0 spiro atoms. The van der Waals surface area contributed by atoms with Crippen LogP contribution in [0.2, 0.25) is 5.02 Å². The van der Waals surface area contributed by atoms with Gasteiger partial charge in [0.2, 0.25) is 0 Å². The molecule has 29 heavy (non-hydrogen) atoms. The number of hydrogen-bond acceptors (Lipinski definition) is 4. The fraction of sp³-hybridized carbons (Fsp3) is 0.261. The molecule has 3 aromatic rings. The third kappa shape index (κ3) is 3.27. The maximum Gasteiger partial charge on any atom is 0.126 e. The lowest BCUT2D eigenvalue weighted by molar-refractivity contribution is -0.00383. The van der Waals surface area contributed by atoms with Gasteiger partial charge in [-0.2, -0.15) is 0 Å². The van der Waals surface area contributed by atoms with Gasteiger partial charge in [-0.1, -0.05) is 65.8 Å². The molecule has 0 aliphatic carbocycles. The molecule has 3 heterocycles. The van der Waals surface area contributed by atoms with Gasteiger partial charge in [-0.15, -0.1) is 0 Å². The van der Waals surface area contributed by atoms with Crippen molar-refractivity contribution in [1.29, 1.82) is 0 Å². The van der Waals surface area contributed by atoms with E-state index >= 15 is 0 Å². The Kier molecular flexibility index (Phi) is 4.69. The number of imidazole rings is 1. The lowest BCUT2D eigenvalue weighted by atomic mass is 10.2.